The van der Waals surface area contributed by atoms with E-state index >= 15 is 0 Å². The first kappa shape index (κ1) is 13.3. The summed E-state index contributed by atoms with van der Waals surface area (Å²) in [4.78, 5) is 8.36. The minimum atomic E-state index is -0.575. The molecule has 0 saturated carbocycles. The fourth-order valence-electron chi connectivity index (χ4n) is 1.96. The highest BCUT2D eigenvalue weighted by atomic mass is 35.5. The molecular weight excluding hydrogens is 294 g/mol. The SMILES string of the molecule is OC(CNc1nc(Cl)nc2ccccc12)c1ccsc1. The Balaban J connectivity index is 1.84. The van der Waals surface area contributed by atoms with Gasteiger partial charge >= 0.3 is 0 Å². The fourth-order valence-corrected chi connectivity index (χ4v) is 2.84. The van der Waals surface area contributed by atoms with Crippen molar-refractivity contribution in [3.63, 3.8) is 0 Å². The molecule has 2 N–H and O–H groups in total. The van der Waals surface area contributed by atoms with Crippen LogP contribution in [0.1, 0.15) is 11.7 Å². The Morgan fingerprint density at radius 2 is 2.10 bits per heavy atom. The Hall–Kier alpha value is -1.69. The van der Waals surface area contributed by atoms with Gasteiger partial charge in [0.25, 0.3) is 0 Å². The number of aliphatic hydroxyl groups is 1. The third kappa shape index (κ3) is 2.75. The van der Waals surface area contributed by atoms with Gasteiger partial charge in [-0.2, -0.15) is 11.3 Å². The molecule has 0 aliphatic carbocycles. The number of fused-ring (bicyclic) bond motifs is 1. The molecule has 102 valence electrons. The van der Waals surface area contributed by atoms with Crippen LogP contribution in [0.2, 0.25) is 5.28 Å². The summed E-state index contributed by atoms with van der Waals surface area (Å²) in [6.07, 6.45) is -0.575. The van der Waals surface area contributed by atoms with Crippen molar-refractivity contribution in [2.45, 2.75) is 6.10 Å². The molecular formula is C14H12ClN3OS. The maximum absolute atomic E-state index is 10.1. The molecule has 0 spiro atoms. The van der Waals surface area contributed by atoms with Crippen LogP contribution in [-0.4, -0.2) is 21.6 Å². The summed E-state index contributed by atoms with van der Waals surface area (Å²) in [5.41, 5.74) is 1.67. The second-order valence-corrected chi connectivity index (χ2v) is 5.43. The Kier molecular flexibility index (Phi) is 3.82. The van der Waals surface area contributed by atoms with E-state index in [1.165, 1.54) is 0 Å². The Labute approximate surface area is 125 Å². The van der Waals surface area contributed by atoms with E-state index in [4.69, 9.17) is 11.6 Å². The van der Waals surface area contributed by atoms with Crippen molar-refractivity contribution in [2.75, 3.05) is 11.9 Å². The lowest BCUT2D eigenvalue weighted by atomic mass is 10.2. The van der Waals surface area contributed by atoms with Crippen molar-refractivity contribution in [3.05, 3.63) is 51.9 Å². The molecule has 2 heterocycles. The van der Waals surface area contributed by atoms with Crippen LogP contribution in [0.5, 0.6) is 0 Å². The number of benzene rings is 1. The van der Waals surface area contributed by atoms with Crippen LogP contribution in [0.4, 0.5) is 5.82 Å². The molecule has 0 radical (unpaired) electrons. The lowest BCUT2D eigenvalue weighted by Gasteiger charge is -2.12. The van der Waals surface area contributed by atoms with Crippen molar-refractivity contribution in [1.29, 1.82) is 0 Å². The lowest BCUT2D eigenvalue weighted by molar-refractivity contribution is 0.192. The van der Waals surface area contributed by atoms with Crippen LogP contribution in [0.15, 0.2) is 41.1 Å². The van der Waals surface area contributed by atoms with Gasteiger partial charge in [0.1, 0.15) is 5.82 Å². The maximum atomic E-state index is 10.1. The predicted octanol–water partition coefficient (Wildman–Crippen LogP) is 3.49. The van der Waals surface area contributed by atoms with Crippen LogP contribution in [0, 0.1) is 0 Å². The zero-order valence-corrected chi connectivity index (χ0v) is 12.0. The first-order valence-electron chi connectivity index (χ1n) is 6.10. The van der Waals surface area contributed by atoms with E-state index in [0.717, 1.165) is 16.5 Å². The second-order valence-electron chi connectivity index (χ2n) is 4.31. The predicted molar refractivity (Wildman–Crippen MR) is 82.3 cm³/mol. The number of aliphatic hydroxyl groups excluding tert-OH is 1. The second kappa shape index (κ2) is 5.75. The summed E-state index contributed by atoms with van der Waals surface area (Å²) in [6, 6.07) is 9.52. The first-order valence-corrected chi connectivity index (χ1v) is 7.42. The molecule has 20 heavy (non-hydrogen) atoms. The fraction of sp³-hybridized carbons (Fsp3) is 0.143. The largest absolute Gasteiger partial charge is 0.387 e. The molecule has 3 aromatic rings. The van der Waals surface area contributed by atoms with Crippen molar-refractivity contribution in [3.8, 4) is 0 Å². The zero-order chi connectivity index (χ0) is 13.9. The van der Waals surface area contributed by atoms with E-state index in [9.17, 15) is 5.11 Å². The minimum absolute atomic E-state index is 0.191. The van der Waals surface area contributed by atoms with Crippen LogP contribution in [-0.2, 0) is 0 Å². The van der Waals surface area contributed by atoms with E-state index in [1.54, 1.807) is 11.3 Å². The number of hydrogen-bond donors (Lipinski definition) is 2. The number of para-hydroxylation sites is 1. The average Bonchev–Trinajstić information content (AvgIpc) is 2.98. The normalized spacial score (nSPS) is 12.5. The number of rotatable bonds is 4. The van der Waals surface area contributed by atoms with Gasteiger partial charge in [-0.3, -0.25) is 0 Å². The molecule has 0 aliphatic rings. The van der Waals surface area contributed by atoms with Gasteiger partial charge in [-0.15, -0.1) is 0 Å². The molecule has 1 unspecified atom stereocenters. The summed E-state index contributed by atoms with van der Waals surface area (Å²) in [7, 11) is 0. The summed E-state index contributed by atoms with van der Waals surface area (Å²) < 4.78 is 0. The number of halogens is 1. The Morgan fingerprint density at radius 1 is 1.25 bits per heavy atom. The number of aromatic nitrogens is 2. The van der Waals surface area contributed by atoms with Gasteiger partial charge < -0.3 is 10.4 Å². The molecule has 0 aliphatic heterocycles. The van der Waals surface area contributed by atoms with Gasteiger partial charge in [-0.05, 0) is 46.1 Å². The molecule has 0 amide bonds. The Morgan fingerprint density at radius 3 is 2.90 bits per heavy atom. The van der Waals surface area contributed by atoms with Gasteiger partial charge in [0.15, 0.2) is 0 Å². The number of nitrogens with zero attached hydrogens (tertiary/aromatic N) is 2. The molecule has 0 fully saturated rings. The number of anilines is 1. The van der Waals surface area contributed by atoms with Gasteiger partial charge in [-0.1, -0.05) is 12.1 Å². The highest BCUT2D eigenvalue weighted by Crippen LogP contribution is 2.23. The topological polar surface area (TPSA) is 58.0 Å². The summed E-state index contributed by atoms with van der Waals surface area (Å²) in [6.45, 7) is 0.369. The molecule has 4 nitrogen and oxygen atoms in total. The van der Waals surface area contributed by atoms with Gasteiger partial charge in [0.2, 0.25) is 5.28 Å². The van der Waals surface area contributed by atoms with E-state index in [1.807, 2.05) is 41.1 Å². The summed E-state index contributed by atoms with van der Waals surface area (Å²) >= 11 is 7.48. The smallest absolute Gasteiger partial charge is 0.224 e. The molecule has 0 bridgehead atoms. The van der Waals surface area contributed by atoms with E-state index < -0.39 is 6.10 Å². The standard InChI is InChI=1S/C14H12ClN3OS/c15-14-17-11-4-2-1-3-10(11)13(18-14)16-7-12(19)9-5-6-20-8-9/h1-6,8,12,19H,7H2,(H,16,17,18). The number of thiophene rings is 1. The first-order chi connectivity index (χ1) is 9.74. The quantitative estimate of drug-likeness (QED) is 0.724. The van der Waals surface area contributed by atoms with Crippen LogP contribution in [0.3, 0.4) is 0 Å². The third-order valence-corrected chi connectivity index (χ3v) is 3.84. The van der Waals surface area contributed by atoms with Crippen molar-refractivity contribution < 1.29 is 5.11 Å². The summed E-state index contributed by atoms with van der Waals surface area (Å²) in [5, 5.41) is 18.2. The van der Waals surface area contributed by atoms with Crippen LogP contribution >= 0.6 is 22.9 Å². The van der Waals surface area contributed by atoms with Crippen molar-refractivity contribution in [1.82, 2.24) is 9.97 Å². The van der Waals surface area contributed by atoms with Crippen molar-refractivity contribution in [2.24, 2.45) is 0 Å². The highest BCUT2D eigenvalue weighted by Gasteiger charge is 2.10. The molecule has 3 rings (SSSR count). The van der Waals surface area contributed by atoms with E-state index in [0.29, 0.717) is 12.4 Å². The monoisotopic (exact) mass is 305 g/mol. The third-order valence-electron chi connectivity index (χ3n) is 2.97. The van der Waals surface area contributed by atoms with E-state index in [-0.39, 0.29) is 5.28 Å². The number of hydrogen-bond acceptors (Lipinski definition) is 5. The van der Waals surface area contributed by atoms with Gasteiger partial charge in [0.05, 0.1) is 11.6 Å². The summed E-state index contributed by atoms with van der Waals surface area (Å²) in [5.74, 6) is 0.634. The number of nitrogens with one attached hydrogen (secondary N) is 1. The average molecular weight is 306 g/mol. The Bertz CT molecular complexity index is 718. The van der Waals surface area contributed by atoms with Crippen LogP contribution < -0.4 is 5.32 Å². The van der Waals surface area contributed by atoms with E-state index in [2.05, 4.69) is 15.3 Å². The molecule has 0 saturated heterocycles. The molecule has 1 atom stereocenters. The maximum Gasteiger partial charge on any atom is 0.224 e. The molecule has 1 aromatic carbocycles. The van der Waals surface area contributed by atoms with Gasteiger partial charge in [0, 0.05) is 11.9 Å². The molecule has 2 aromatic heterocycles. The molecule has 6 heteroatoms. The van der Waals surface area contributed by atoms with Crippen LogP contribution in [0.25, 0.3) is 10.9 Å². The highest BCUT2D eigenvalue weighted by molar-refractivity contribution is 7.07. The zero-order valence-electron chi connectivity index (χ0n) is 10.5. The van der Waals surface area contributed by atoms with Gasteiger partial charge in [-0.25, -0.2) is 9.97 Å². The van der Waals surface area contributed by atoms with Crippen molar-refractivity contribution >= 4 is 39.7 Å². The minimum Gasteiger partial charge on any atom is -0.387 e. The lowest BCUT2D eigenvalue weighted by Crippen LogP contribution is -2.13.